The lowest BCUT2D eigenvalue weighted by Crippen LogP contribution is -1.99. The molecular weight excluding hydrogens is 326 g/mol. The highest BCUT2D eigenvalue weighted by Crippen LogP contribution is 2.32. The lowest BCUT2D eigenvalue weighted by Gasteiger charge is -2.08. The average Bonchev–Trinajstić information content (AvgIpc) is 2.88. The average molecular weight is 337 g/mol. The summed E-state index contributed by atoms with van der Waals surface area (Å²) >= 11 is 3.48. The van der Waals surface area contributed by atoms with Gasteiger partial charge in [-0.25, -0.2) is 8.78 Å². The molecule has 1 atom stereocenters. The molecule has 1 aromatic heterocycles. The molecule has 0 aliphatic rings. The normalized spacial score (nSPS) is 12.8. The van der Waals surface area contributed by atoms with Crippen molar-refractivity contribution in [1.29, 1.82) is 0 Å². The second kappa shape index (κ2) is 5.37. The third-order valence-corrected chi connectivity index (χ3v) is 3.96. The summed E-state index contributed by atoms with van der Waals surface area (Å²) in [6.07, 6.45) is 0.323. The molecule has 20 heavy (non-hydrogen) atoms. The summed E-state index contributed by atoms with van der Waals surface area (Å²) in [6.45, 7) is 0. The number of furan rings is 1. The smallest absolute Gasteiger partial charge is 0.162 e. The van der Waals surface area contributed by atoms with Crippen molar-refractivity contribution in [3.05, 3.63) is 71.5 Å². The highest BCUT2D eigenvalue weighted by molar-refractivity contribution is 9.09. The number of rotatable bonds is 3. The highest BCUT2D eigenvalue weighted by atomic mass is 79.9. The zero-order valence-corrected chi connectivity index (χ0v) is 12.0. The second-order valence-corrected chi connectivity index (χ2v) is 5.68. The summed E-state index contributed by atoms with van der Waals surface area (Å²) < 4.78 is 32.6. The van der Waals surface area contributed by atoms with Crippen molar-refractivity contribution in [2.75, 3.05) is 0 Å². The Bertz CT molecular complexity index is 718. The summed E-state index contributed by atoms with van der Waals surface area (Å²) in [7, 11) is 0. The first-order valence-electron chi connectivity index (χ1n) is 6.20. The first kappa shape index (κ1) is 13.3. The van der Waals surface area contributed by atoms with Crippen LogP contribution in [0.25, 0.3) is 11.0 Å². The number of benzene rings is 2. The van der Waals surface area contributed by atoms with Crippen molar-refractivity contribution in [3.8, 4) is 0 Å². The summed E-state index contributed by atoms with van der Waals surface area (Å²) in [6, 6.07) is 13.8. The van der Waals surface area contributed by atoms with E-state index in [1.165, 1.54) is 6.07 Å². The predicted octanol–water partition coefficient (Wildman–Crippen LogP) is 5.39. The van der Waals surface area contributed by atoms with Crippen LogP contribution in [-0.2, 0) is 6.42 Å². The Morgan fingerprint density at radius 2 is 1.85 bits per heavy atom. The fraction of sp³-hybridized carbons (Fsp3) is 0.125. The quantitative estimate of drug-likeness (QED) is 0.584. The maximum Gasteiger partial charge on any atom is 0.162 e. The molecular formula is C16H11BrF2O. The Morgan fingerprint density at radius 1 is 1.05 bits per heavy atom. The van der Waals surface area contributed by atoms with E-state index in [-0.39, 0.29) is 4.83 Å². The maximum absolute atomic E-state index is 13.7. The maximum atomic E-state index is 13.7. The SMILES string of the molecule is Fc1cccc(CC(Br)c2cc3ccccc3o2)c1F. The van der Waals surface area contributed by atoms with Gasteiger partial charge in [-0.05, 0) is 30.2 Å². The molecule has 0 spiro atoms. The zero-order chi connectivity index (χ0) is 14.1. The fourth-order valence-electron chi connectivity index (χ4n) is 2.16. The number of para-hydroxylation sites is 1. The lowest BCUT2D eigenvalue weighted by atomic mass is 10.1. The van der Waals surface area contributed by atoms with Crippen LogP contribution < -0.4 is 0 Å². The Hall–Kier alpha value is -1.68. The van der Waals surface area contributed by atoms with E-state index >= 15 is 0 Å². The van der Waals surface area contributed by atoms with Gasteiger partial charge in [0.05, 0.1) is 4.83 Å². The van der Waals surface area contributed by atoms with E-state index in [0.29, 0.717) is 17.7 Å². The van der Waals surface area contributed by atoms with Gasteiger partial charge in [0, 0.05) is 5.39 Å². The molecule has 1 nitrogen and oxygen atoms in total. The molecule has 0 saturated carbocycles. The van der Waals surface area contributed by atoms with E-state index in [0.717, 1.165) is 17.0 Å². The minimum absolute atomic E-state index is 0.203. The third-order valence-electron chi connectivity index (χ3n) is 3.18. The summed E-state index contributed by atoms with van der Waals surface area (Å²) in [4.78, 5) is -0.203. The predicted molar refractivity (Wildman–Crippen MR) is 77.9 cm³/mol. The monoisotopic (exact) mass is 336 g/mol. The largest absolute Gasteiger partial charge is 0.460 e. The van der Waals surface area contributed by atoms with Crippen LogP contribution in [-0.4, -0.2) is 0 Å². The van der Waals surface area contributed by atoms with Crippen molar-refractivity contribution in [1.82, 2.24) is 0 Å². The molecule has 3 aromatic rings. The first-order chi connectivity index (χ1) is 9.65. The summed E-state index contributed by atoms with van der Waals surface area (Å²) in [5.74, 6) is -0.922. The van der Waals surface area contributed by atoms with Crippen molar-refractivity contribution in [3.63, 3.8) is 0 Å². The molecule has 2 aromatic carbocycles. The summed E-state index contributed by atoms with van der Waals surface area (Å²) in [5.41, 5.74) is 1.11. The molecule has 0 radical (unpaired) electrons. The molecule has 1 heterocycles. The lowest BCUT2D eigenvalue weighted by molar-refractivity contribution is 0.493. The van der Waals surface area contributed by atoms with E-state index < -0.39 is 11.6 Å². The summed E-state index contributed by atoms with van der Waals surface area (Å²) in [5, 5.41) is 0.992. The van der Waals surface area contributed by atoms with Gasteiger partial charge in [0.15, 0.2) is 11.6 Å². The van der Waals surface area contributed by atoms with E-state index in [1.54, 1.807) is 6.07 Å². The Labute approximate surface area is 123 Å². The van der Waals surface area contributed by atoms with E-state index in [1.807, 2.05) is 30.3 Å². The minimum atomic E-state index is -0.827. The van der Waals surface area contributed by atoms with Gasteiger partial charge < -0.3 is 4.42 Å². The fourth-order valence-corrected chi connectivity index (χ4v) is 2.73. The van der Waals surface area contributed by atoms with Gasteiger partial charge >= 0.3 is 0 Å². The van der Waals surface area contributed by atoms with Gasteiger partial charge in [-0.3, -0.25) is 0 Å². The molecule has 0 aliphatic heterocycles. The van der Waals surface area contributed by atoms with Crippen LogP contribution in [0.3, 0.4) is 0 Å². The number of fused-ring (bicyclic) bond motifs is 1. The Morgan fingerprint density at radius 3 is 2.65 bits per heavy atom. The molecule has 0 N–H and O–H groups in total. The van der Waals surface area contributed by atoms with Gasteiger partial charge in [-0.1, -0.05) is 46.3 Å². The van der Waals surface area contributed by atoms with Crippen LogP contribution in [0.5, 0.6) is 0 Å². The first-order valence-corrected chi connectivity index (χ1v) is 7.12. The third kappa shape index (κ3) is 2.48. The molecule has 3 rings (SSSR count). The van der Waals surface area contributed by atoms with Gasteiger partial charge in [-0.2, -0.15) is 0 Å². The van der Waals surface area contributed by atoms with E-state index in [9.17, 15) is 8.78 Å². The minimum Gasteiger partial charge on any atom is -0.460 e. The number of halogens is 3. The molecule has 102 valence electrons. The van der Waals surface area contributed by atoms with Crippen molar-refractivity contribution < 1.29 is 13.2 Å². The number of hydrogen-bond acceptors (Lipinski definition) is 1. The molecule has 0 saturated heterocycles. The molecule has 0 amide bonds. The van der Waals surface area contributed by atoms with Crippen LogP contribution >= 0.6 is 15.9 Å². The van der Waals surface area contributed by atoms with Gasteiger partial charge in [-0.15, -0.1) is 0 Å². The van der Waals surface area contributed by atoms with E-state index in [4.69, 9.17) is 4.42 Å². The van der Waals surface area contributed by atoms with Gasteiger partial charge in [0.25, 0.3) is 0 Å². The van der Waals surface area contributed by atoms with Crippen LogP contribution in [0, 0.1) is 11.6 Å². The second-order valence-electron chi connectivity index (χ2n) is 4.57. The van der Waals surface area contributed by atoms with Crippen LogP contribution in [0.2, 0.25) is 0 Å². The van der Waals surface area contributed by atoms with Crippen LogP contribution in [0.15, 0.2) is 52.9 Å². The highest BCUT2D eigenvalue weighted by Gasteiger charge is 2.17. The Balaban J connectivity index is 1.89. The van der Waals surface area contributed by atoms with Crippen molar-refractivity contribution in [2.24, 2.45) is 0 Å². The molecule has 0 aliphatic carbocycles. The molecule has 0 fully saturated rings. The standard InChI is InChI=1S/C16H11BrF2O/c17-12(8-11-5-3-6-13(18)16(11)19)15-9-10-4-1-2-7-14(10)20-15/h1-7,9,12H,8H2. The zero-order valence-electron chi connectivity index (χ0n) is 10.4. The van der Waals surface area contributed by atoms with Crippen molar-refractivity contribution in [2.45, 2.75) is 11.2 Å². The van der Waals surface area contributed by atoms with Crippen molar-refractivity contribution >= 4 is 26.9 Å². The Kier molecular flexibility index (Phi) is 3.57. The van der Waals surface area contributed by atoms with Crippen LogP contribution in [0.4, 0.5) is 8.78 Å². The van der Waals surface area contributed by atoms with E-state index in [2.05, 4.69) is 15.9 Å². The number of alkyl halides is 1. The topological polar surface area (TPSA) is 13.1 Å². The van der Waals surface area contributed by atoms with Gasteiger partial charge in [0.2, 0.25) is 0 Å². The van der Waals surface area contributed by atoms with Gasteiger partial charge in [0.1, 0.15) is 11.3 Å². The number of hydrogen-bond donors (Lipinski definition) is 0. The molecule has 0 bridgehead atoms. The molecule has 1 unspecified atom stereocenters. The molecule has 4 heteroatoms. The van der Waals surface area contributed by atoms with Crippen LogP contribution in [0.1, 0.15) is 16.2 Å².